The number of benzene rings is 2. The Morgan fingerprint density at radius 3 is 2.41 bits per heavy atom. The predicted octanol–water partition coefficient (Wildman–Crippen LogP) is 3.04. The zero-order valence-corrected chi connectivity index (χ0v) is 16.6. The molecule has 0 aliphatic rings. The number of carboxylic acid groups (broad SMARTS) is 1. The third kappa shape index (κ3) is 5.57. The number of nitrogens with zero attached hydrogens (tertiary/aromatic N) is 2. The fourth-order valence-corrected chi connectivity index (χ4v) is 2.90. The van der Waals surface area contributed by atoms with Crippen molar-refractivity contribution in [3.05, 3.63) is 82.0 Å². The van der Waals surface area contributed by atoms with Crippen LogP contribution in [0.25, 0.3) is 0 Å². The van der Waals surface area contributed by atoms with Crippen molar-refractivity contribution in [2.75, 3.05) is 0 Å². The molecule has 0 saturated carbocycles. The van der Waals surface area contributed by atoms with Crippen molar-refractivity contribution in [3.8, 4) is 5.75 Å². The lowest BCUT2D eigenvalue weighted by Crippen LogP contribution is -2.37. The van der Waals surface area contributed by atoms with Crippen LogP contribution >= 0.6 is 0 Å². The molecule has 152 valence electrons. The molecule has 7 nitrogen and oxygen atoms in total. The van der Waals surface area contributed by atoms with Gasteiger partial charge in [0, 0.05) is 6.42 Å². The van der Waals surface area contributed by atoms with Crippen LogP contribution in [-0.2, 0) is 24.2 Å². The molecule has 0 unspecified atom stereocenters. The monoisotopic (exact) mass is 395 g/mol. The maximum atomic E-state index is 12.1. The molecular weight excluding hydrogens is 370 g/mol. The molecule has 2 N–H and O–H groups in total. The third-order valence-electron chi connectivity index (χ3n) is 4.59. The Balaban J connectivity index is 1.52. The van der Waals surface area contributed by atoms with Crippen LogP contribution in [-0.4, -0.2) is 31.4 Å². The highest BCUT2D eigenvalue weighted by atomic mass is 16.5. The number of aromatic amines is 1. The van der Waals surface area contributed by atoms with Gasteiger partial charge >= 0.3 is 11.7 Å². The Morgan fingerprint density at radius 2 is 1.76 bits per heavy atom. The summed E-state index contributed by atoms with van der Waals surface area (Å²) in [4.78, 5) is 26.0. The van der Waals surface area contributed by atoms with E-state index in [1.165, 1.54) is 18.5 Å². The van der Waals surface area contributed by atoms with Gasteiger partial charge in [0.1, 0.15) is 11.6 Å². The number of aryl methyl sites for hydroxylation is 2. The van der Waals surface area contributed by atoms with Crippen molar-refractivity contribution >= 4 is 5.97 Å². The van der Waals surface area contributed by atoms with Crippen LogP contribution < -0.4 is 10.4 Å². The molecule has 3 aromatic rings. The fraction of sp³-hybridized carbons (Fsp3) is 0.318. The van der Waals surface area contributed by atoms with E-state index >= 15 is 0 Å². The van der Waals surface area contributed by atoms with Crippen LogP contribution in [0.2, 0.25) is 0 Å². The normalized spacial score (nSPS) is 11.4. The van der Waals surface area contributed by atoms with Gasteiger partial charge < -0.3 is 9.84 Å². The highest BCUT2D eigenvalue weighted by molar-refractivity contribution is 5.76. The molecule has 0 amide bonds. The molecule has 0 fully saturated rings. The van der Waals surface area contributed by atoms with Gasteiger partial charge in [0.25, 0.3) is 0 Å². The number of aromatic nitrogens is 3. The number of hydrogen-bond donors (Lipinski definition) is 2. The Labute approximate surface area is 169 Å². The summed E-state index contributed by atoms with van der Waals surface area (Å²) in [5.41, 5.74) is 0.662. The molecule has 2 aromatic carbocycles. The van der Waals surface area contributed by atoms with Gasteiger partial charge in [0.05, 0.1) is 6.54 Å². The van der Waals surface area contributed by atoms with E-state index in [0.717, 1.165) is 24.0 Å². The van der Waals surface area contributed by atoms with E-state index in [2.05, 4.69) is 10.1 Å². The van der Waals surface area contributed by atoms with Crippen molar-refractivity contribution in [3.63, 3.8) is 0 Å². The van der Waals surface area contributed by atoms with Crippen LogP contribution in [0.3, 0.4) is 0 Å². The van der Waals surface area contributed by atoms with Crippen LogP contribution in [0.5, 0.6) is 5.75 Å². The summed E-state index contributed by atoms with van der Waals surface area (Å²) in [5.74, 6) is 0.182. The Morgan fingerprint density at radius 1 is 1.07 bits per heavy atom. The Hall–Kier alpha value is -3.35. The van der Waals surface area contributed by atoms with Crippen molar-refractivity contribution in [2.24, 2.45) is 0 Å². The lowest BCUT2D eigenvalue weighted by Gasteiger charge is -2.21. The topological polar surface area (TPSA) is 97.2 Å². The highest BCUT2D eigenvalue weighted by Crippen LogP contribution is 2.20. The number of aliphatic carboxylic acids is 1. The van der Waals surface area contributed by atoms with E-state index in [-0.39, 0.29) is 5.69 Å². The van der Waals surface area contributed by atoms with E-state index in [1.54, 1.807) is 12.1 Å². The summed E-state index contributed by atoms with van der Waals surface area (Å²) < 4.78 is 6.95. The molecule has 29 heavy (non-hydrogen) atoms. The zero-order chi connectivity index (χ0) is 20.9. The van der Waals surface area contributed by atoms with E-state index in [1.807, 2.05) is 42.5 Å². The molecule has 0 aliphatic carbocycles. The highest BCUT2D eigenvalue weighted by Gasteiger charge is 2.29. The van der Waals surface area contributed by atoms with Crippen molar-refractivity contribution in [1.82, 2.24) is 14.8 Å². The SMILES string of the molecule is CC(C)(Oc1ccc(CCCc2nn(Cc3ccccc3)c(=O)[nH]2)cc1)C(=O)O. The van der Waals surface area contributed by atoms with Gasteiger partial charge in [0.15, 0.2) is 5.60 Å². The van der Waals surface area contributed by atoms with Gasteiger partial charge in [-0.25, -0.2) is 14.3 Å². The molecule has 3 rings (SSSR count). The largest absolute Gasteiger partial charge is 0.478 e. The summed E-state index contributed by atoms with van der Waals surface area (Å²) in [6, 6.07) is 17.1. The first kappa shape index (κ1) is 20.4. The number of hydrogen-bond acceptors (Lipinski definition) is 4. The number of nitrogens with one attached hydrogen (secondary N) is 1. The van der Waals surface area contributed by atoms with E-state index in [0.29, 0.717) is 24.5 Å². The minimum absolute atomic E-state index is 0.202. The molecule has 7 heteroatoms. The molecule has 0 bridgehead atoms. The quantitative estimate of drug-likeness (QED) is 0.580. The van der Waals surface area contributed by atoms with Gasteiger partial charge in [-0.1, -0.05) is 42.5 Å². The number of H-pyrrole nitrogens is 1. The van der Waals surface area contributed by atoms with Gasteiger partial charge in [-0.2, -0.15) is 5.10 Å². The molecular formula is C22H25N3O4. The van der Waals surface area contributed by atoms with Crippen molar-refractivity contribution in [1.29, 1.82) is 0 Å². The summed E-state index contributed by atoms with van der Waals surface area (Å²) in [6.07, 6.45) is 2.32. The lowest BCUT2D eigenvalue weighted by atomic mass is 10.1. The fourth-order valence-electron chi connectivity index (χ4n) is 2.90. The summed E-state index contributed by atoms with van der Waals surface area (Å²) in [5, 5.41) is 13.5. The van der Waals surface area contributed by atoms with Crippen LogP contribution in [0, 0.1) is 0 Å². The second kappa shape index (κ2) is 8.77. The minimum atomic E-state index is -1.27. The maximum absolute atomic E-state index is 12.1. The first-order valence-corrected chi connectivity index (χ1v) is 9.55. The number of ether oxygens (including phenoxy) is 1. The molecule has 0 atom stereocenters. The smallest absolute Gasteiger partial charge is 0.347 e. The number of rotatable bonds is 9. The van der Waals surface area contributed by atoms with E-state index in [4.69, 9.17) is 9.84 Å². The Bertz CT molecular complexity index is 1000. The molecule has 0 saturated heterocycles. The summed E-state index contributed by atoms with van der Waals surface area (Å²) in [6.45, 7) is 3.48. The average Bonchev–Trinajstić information content (AvgIpc) is 3.03. The molecule has 0 radical (unpaired) electrons. The first-order valence-electron chi connectivity index (χ1n) is 9.55. The first-order chi connectivity index (χ1) is 13.8. The van der Waals surface area contributed by atoms with Gasteiger partial charge in [-0.3, -0.25) is 4.98 Å². The predicted molar refractivity (Wildman–Crippen MR) is 109 cm³/mol. The lowest BCUT2D eigenvalue weighted by molar-refractivity contribution is -0.152. The standard InChI is InChI=1S/C22H25N3O4/c1-22(2,20(26)27)29-18-13-11-16(12-14-18)9-6-10-19-23-21(28)25(24-19)15-17-7-4-3-5-8-17/h3-5,7-8,11-14H,6,9-10,15H2,1-2H3,(H,26,27)(H,23,24,28). The van der Waals surface area contributed by atoms with Crippen LogP contribution in [0.15, 0.2) is 59.4 Å². The summed E-state index contributed by atoms with van der Waals surface area (Å²) in [7, 11) is 0. The second-order valence-corrected chi connectivity index (χ2v) is 7.44. The van der Waals surface area contributed by atoms with Crippen molar-refractivity contribution < 1.29 is 14.6 Å². The van der Waals surface area contributed by atoms with Crippen LogP contribution in [0.1, 0.15) is 37.2 Å². The zero-order valence-electron chi connectivity index (χ0n) is 16.6. The van der Waals surface area contributed by atoms with Crippen molar-refractivity contribution in [2.45, 2.75) is 45.3 Å². The van der Waals surface area contributed by atoms with Gasteiger partial charge in [-0.05, 0) is 49.9 Å². The average molecular weight is 395 g/mol. The molecule has 0 spiro atoms. The molecule has 1 aromatic heterocycles. The second-order valence-electron chi connectivity index (χ2n) is 7.44. The van der Waals surface area contributed by atoms with E-state index in [9.17, 15) is 9.59 Å². The third-order valence-corrected chi connectivity index (χ3v) is 4.59. The molecule has 0 aliphatic heterocycles. The number of carboxylic acids is 1. The van der Waals surface area contributed by atoms with Gasteiger partial charge in [-0.15, -0.1) is 0 Å². The van der Waals surface area contributed by atoms with Crippen LogP contribution in [0.4, 0.5) is 0 Å². The Kier molecular flexibility index (Phi) is 6.16. The molecule has 1 heterocycles. The number of carbonyl (C=O) groups is 1. The van der Waals surface area contributed by atoms with Gasteiger partial charge in [0.2, 0.25) is 0 Å². The minimum Gasteiger partial charge on any atom is -0.478 e. The van der Waals surface area contributed by atoms with E-state index < -0.39 is 11.6 Å². The summed E-state index contributed by atoms with van der Waals surface area (Å²) >= 11 is 0. The maximum Gasteiger partial charge on any atom is 0.347 e.